The Morgan fingerprint density at radius 3 is 2.79 bits per heavy atom. The number of aromatic nitrogens is 1. The highest BCUT2D eigenvalue weighted by molar-refractivity contribution is 9.10. The van der Waals surface area contributed by atoms with E-state index in [1.54, 1.807) is 43.7 Å². The molecule has 4 nitrogen and oxygen atoms in total. The van der Waals surface area contributed by atoms with E-state index in [0.717, 1.165) is 4.47 Å². The number of hydrogen-bond acceptors (Lipinski definition) is 3. The lowest BCUT2D eigenvalue weighted by molar-refractivity contribution is 0.102. The molecule has 6 heteroatoms. The van der Waals surface area contributed by atoms with Gasteiger partial charge in [0.1, 0.15) is 0 Å². The first-order chi connectivity index (χ1) is 9.11. The number of rotatable bonds is 3. The second-order valence-electron chi connectivity index (χ2n) is 3.75. The molecule has 1 aromatic heterocycles. The quantitative estimate of drug-likeness (QED) is 0.894. The van der Waals surface area contributed by atoms with Crippen LogP contribution in [0.3, 0.4) is 0 Å². The van der Waals surface area contributed by atoms with Gasteiger partial charge >= 0.3 is 0 Å². The maximum absolute atomic E-state index is 12.2. The fourth-order valence-electron chi connectivity index (χ4n) is 1.57. The molecule has 2 aromatic rings. The Labute approximate surface area is 124 Å². The largest absolute Gasteiger partial charge is 0.386 e. The normalized spacial score (nSPS) is 10.1. The van der Waals surface area contributed by atoms with Gasteiger partial charge in [-0.1, -0.05) is 11.6 Å². The number of anilines is 2. The number of nitrogens with zero attached hydrogens (tertiary/aromatic N) is 1. The van der Waals surface area contributed by atoms with Crippen LogP contribution in [-0.2, 0) is 0 Å². The summed E-state index contributed by atoms with van der Waals surface area (Å²) in [6.45, 7) is 0. The van der Waals surface area contributed by atoms with Crippen LogP contribution in [0, 0.1) is 0 Å². The Morgan fingerprint density at radius 1 is 1.32 bits per heavy atom. The fourth-order valence-corrected chi connectivity index (χ4v) is 2.35. The molecule has 2 rings (SSSR count). The molecule has 0 aliphatic rings. The summed E-state index contributed by atoms with van der Waals surface area (Å²) in [7, 11) is 1.74. The second-order valence-corrected chi connectivity index (χ2v) is 5.04. The molecule has 0 saturated heterocycles. The summed E-state index contributed by atoms with van der Waals surface area (Å²) in [5, 5.41) is 6.35. The smallest absolute Gasteiger partial charge is 0.257 e. The lowest BCUT2D eigenvalue weighted by atomic mass is 10.2. The van der Waals surface area contributed by atoms with E-state index in [4.69, 9.17) is 11.6 Å². The number of carbonyl (C=O) groups excluding carboxylic acids is 1. The van der Waals surface area contributed by atoms with Crippen molar-refractivity contribution in [3.63, 3.8) is 0 Å². The zero-order valence-electron chi connectivity index (χ0n) is 10.1. The van der Waals surface area contributed by atoms with E-state index in [0.29, 0.717) is 22.0 Å². The second kappa shape index (κ2) is 6.04. The van der Waals surface area contributed by atoms with Crippen molar-refractivity contribution < 1.29 is 4.79 Å². The van der Waals surface area contributed by atoms with Gasteiger partial charge in [-0.3, -0.25) is 9.78 Å². The molecule has 0 unspecified atom stereocenters. The van der Waals surface area contributed by atoms with Crippen LogP contribution >= 0.6 is 27.5 Å². The molecule has 0 aliphatic carbocycles. The lowest BCUT2D eigenvalue weighted by Gasteiger charge is -2.10. The van der Waals surface area contributed by atoms with Crippen molar-refractivity contribution in [3.8, 4) is 0 Å². The predicted octanol–water partition coefficient (Wildman–Crippen LogP) is 3.79. The van der Waals surface area contributed by atoms with Crippen molar-refractivity contribution in [1.29, 1.82) is 0 Å². The first kappa shape index (κ1) is 13.8. The van der Waals surface area contributed by atoms with Crippen LogP contribution in [0.15, 0.2) is 41.1 Å². The topological polar surface area (TPSA) is 54.0 Å². The molecule has 0 saturated carbocycles. The van der Waals surface area contributed by atoms with Gasteiger partial charge in [-0.05, 0) is 40.2 Å². The molecule has 0 bridgehead atoms. The van der Waals surface area contributed by atoms with Crippen LogP contribution in [-0.4, -0.2) is 17.9 Å². The summed E-state index contributed by atoms with van der Waals surface area (Å²) in [6.07, 6.45) is 3.18. The Kier molecular flexibility index (Phi) is 4.39. The molecule has 0 atom stereocenters. The van der Waals surface area contributed by atoms with Crippen molar-refractivity contribution in [3.05, 3.63) is 51.7 Å². The lowest BCUT2D eigenvalue weighted by Crippen LogP contribution is -2.14. The van der Waals surface area contributed by atoms with Crippen LogP contribution in [0.1, 0.15) is 10.4 Å². The summed E-state index contributed by atoms with van der Waals surface area (Å²) in [4.78, 5) is 16.2. The monoisotopic (exact) mass is 339 g/mol. The van der Waals surface area contributed by atoms with E-state index in [2.05, 4.69) is 31.5 Å². The zero-order valence-corrected chi connectivity index (χ0v) is 12.4. The molecule has 1 aromatic carbocycles. The minimum absolute atomic E-state index is 0.213. The number of halogens is 2. The Morgan fingerprint density at radius 2 is 2.11 bits per heavy atom. The van der Waals surface area contributed by atoms with Crippen molar-refractivity contribution in [2.75, 3.05) is 17.7 Å². The SMILES string of the molecule is CNc1cnccc1C(=O)Nc1ccc(Cl)cc1Br. The van der Waals surface area contributed by atoms with E-state index in [9.17, 15) is 4.79 Å². The van der Waals surface area contributed by atoms with Crippen molar-refractivity contribution in [2.45, 2.75) is 0 Å². The Bertz CT molecular complexity index is 619. The van der Waals surface area contributed by atoms with E-state index in [-0.39, 0.29) is 5.91 Å². The number of carbonyl (C=O) groups is 1. The summed E-state index contributed by atoms with van der Waals surface area (Å²) < 4.78 is 0.730. The molecule has 19 heavy (non-hydrogen) atoms. The third-order valence-corrected chi connectivity index (χ3v) is 3.41. The first-order valence-electron chi connectivity index (χ1n) is 5.50. The third kappa shape index (κ3) is 3.24. The van der Waals surface area contributed by atoms with Crippen molar-refractivity contribution >= 4 is 44.8 Å². The standard InChI is InChI=1S/C13H11BrClN3O/c1-16-12-7-17-5-4-9(12)13(19)18-11-3-2-8(15)6-10(11)14/h2-7,16H,1H3,(H,18,19). The van der Waals surface area contributed by atoms with Crippen LogP contribution < -0.4 is 10.6 Å². The highest BCUT2D eigenvalue weighted by atomic mass is 79.9. The van der Waals surface area contributed by atoms with Gasteiger partial charge in [-0.2, -0.15) is 0 Å². The highest BCUT2D eigenvalue weighted by Crippen LogP contribution is 2.26. The van der Waals surface area contributed by atoms with E-state index in [1.165, 1.54) is 0 Å². The maximum atomic E-state index is 12.2. The van der Waals surface area contributed by atoms with E-state index >= 15 is 0 Å². The molecule has 0 aliphatic heterocycles. The van der Waals surface area contributed by atoms with Gasteiger partial charge in [0.25, 0.3) is 5.91 Å². The molecule has 1 amide bonds. The minimum atomic E-state index is -0.213. The van der Waals surface area contributed by atoms with Crippen LogP contribution in [0.4, 0.5) is 11.4 Å². The predicted molar refractivity (Wildman–Crippen MR) is 80.9 cm³/mol. The van der Waals surface area contributed by atoms with Gasteiger partial charge in [0.15, 0.2) is 0 Å². The average Bonchev–Trinajstić information content (AvgIpc) is 2.41. The van der Waals surface area contributed by atoms with Crippen molar-refractivity contribution in [2.24, 2.45) is 0 Å². The number of benzene rings is 1. The van der Waals surface area contributed by atoms with E-state index in [1.807, 2.05) is 0 Å². The average molecular weight is 341 g/mol. The third-order valence-electron chi connectivity index (χ3n) is 2.51. The maximum Gasteiger partial charge on any atom is 0.257 e. The minimum Gasteiger partial charge on any atom is -0.386 e. The molecule has 0 fully saturated rings. The molecule has 2 N–H and O–H groups in total. The Hall–Kier alpha value is -1.59. The van der Waals surface area contributed by atoms with Gasteiger partial charge in [-0.25, -0.2) is 0 Å². The summed E-state index contributed by atoms with van der Waals surface area (Å²) in [5.74, 6) is -0.213. The molecular weight excluding hydrogens is 330 g/mol. The number of nitrogens with one attached hydrogen (secondary N) is 2. The number of pyridine rings is 1. The molecule has 1 heterocycles. The van der Waals surface area contributed by atoms with Gasteiger partial charge in [0.05, 0.1) is 23.1 Å². The van der Waals surface area contributed by atoms with Gasteiger partial charge in [0.2, 0.25) is 0 Å². The molecule has 98 valence electrons. The van der Waals surface area contributed by atoms with Crippen LogP contribution in [0.2, 0.25) is 5.02 Å². The first-order valence-corrected chi connectivity index (χ1v) is 6.67. The van der Waals surface area contributed by atoms with Crippen molar-refractivity contribution in [1.82, 2.24) is 4.98 Å². The zero-order chi connectivity index (χ0) is 13.8. The molecule has 0 spiro atoms. The van der Waals surface area contributed by atoms with Gasteiger partial charge in [-0.15, -0.1) is 0 Å². The summed E-state index contributed by atoms with van der Waals surface area (Å²) in [6, 6.07) is 6.84. The fraction of sp³-hybridized carbons (Fsp3) is 0.0769. The molecule has 0 radical (unpaired) electrons. The van der Waals surface area contributed by atoms with Gasteiger partial charge in [0, 0.05) is 22.7 Å². The van der Waals surface area contributed by atoms with Crippen LogP contribution in [0.5, 0.6) is 0 Å². The van der Waals surface area contributed by atoms with E-state index < -0.39 is 0 Å². The summed E-state index contributed by atoms with van der Waals surface area (Å²) >= 11 is 9.21. The van der Waals surface area contributed by atoms with Gasteiger partial charge < -0.3 is 10.6 Å². The highest BCUT2D eigenvalue weighted by Gasteiger charge is 2.12. The van der Waals surface area contributed by atoms with Crippen LogP contribution in [0.25, 0.3) is 0 Å². The Balaban J connectivity index is 2.26. The molecular formula is C13H11BrClN3O. The number of hydrogen-bond donors (Lipinski definition) is 2. The number of amides is 1. The summed E-state index contributed by atoms with van der Waals surface area (Å²) in [5.41, 5.74) is 1.86.